The first-order valence-corrected chi connectivity index (χ1v) is 9.62. The lowest BCUT2D eigenvalue weighted by atomic mass is 9.78. The fraction of sp³-hybridized carbons (Fsp3) is 0.778. The van der Waals surface area contributed by atoms with Gasteiger partial charge in [-0.25, -0.2) is 4.98 Å². The lowest BCUT2D eigenvalue weighted by Crippen LogP contribution is -2.47. The third kappa shape index (κ3) is 6.67. The molecule has 2 rings (SSSR count). The number of aliphatic imine (C=N–C) groups is 1. The summed E-state index contributed by atoms with van der Waals surface area (Å²) >= 11 is 1.74. The van der Waals surface area contributed by atoms with E-state index < -0.39 is 0 Å². The van der Waals surface area contributed by atoms with Gasteiger partial charge in [0.15, 0.2) is 5.96 Å². The number of rotatable bonds is 4. The number of nitrogens with one attached hydrogen (secondary N) is 2. The molecule has 2 unspecified atom stereocenters. The van der Waals surface area contributed by atoms with E-state index in [4.69, 9.17) is 4.74 Å². The van der Waals surface area contributed by atoms with Crippen molar-refractivity contribution < 1.29 is 4.74 Å². The lowest BCUT2D eigenvalue weighted by Gasteiger charge is -2.40. The number of nitrogens with zero attached hydrogens (tertiary/aromatic N) is 2. The zero-order valence-corrected chi connectivity index (χ0v) is 19.5. The molecule has 1 aliphatic rings. The first kappa shape index (κ1) is 22.6. The highest BCUT2D eigenvalue weighted by molar-refractivity contribution is 14.0. The van der Waals surface area contributed by atoms with Gasteiger partial charge in [-0.2, -0.15) is 0 Å². The lowest BCUT2D eigenvalue weighted by molar-refractivity contribution is -0.0835. The highest BCUT2D eigenvalue weighted by atomic mass is 127. The zero-order chi connectivity index (χ0) is 17.7. The molecule has 1 aliphatic heterocycles. The van der Waals surface area contributed by atoms with Crippen molar-refractivity contribution in [3.8, 4) is 0 Å². The molecule has 0 aliphatic carbocycles. The van der Waals surface area contributed by atoms with E-state index in [9.17, 15) is 0 Å². The van der Waals surface area contributed by atoms with Crippen molar-refractivity contribution in [2.24, 2.45) is 16.3 Å². The molecule has 1 aromatic heterocycles. The molecule has 0 saturated carbocycles. The molecule has 1 aromatic rings. The third-order valence-corrected chi connectivity index (χ3v) is 5.61. The van der Waals surface area contributed by atoms with E-state index in [2.05, 4.69) is 55.2 Å². The van der Waals surface area contributed by atoms with E-state index in [-0.39, 0.29) is 29.4 Å². The van der Waals surface area contributed by atoms with E-state index in [1.165, 1.54) is 11.3 Å². The van der Waals surface area contributed by atoms with Crippen LogP contribution in [-0.4, -0.2) is 37.2 Å². The van der Waals surface area contributed by atoms with E-state index >= 15 is 0 Å². The highest BCUT2D eigenvalue weighted by Gasteiger charge is 2.35. The zero-order valence-electron chi connectivity index (χ0n) is 16.3. The van der Waals surface area contributed by atoms with Crippen LogP contribution in [0.5, 0.6) is 0 Å². The minimum Gasteiger partial charge on any atom is -0.377 e. The number of thiazole rings is 1. The van der Waals surface area contributed by atoms with Gasteiger partial charge in [-0.05, 0) is 32.1 Å². The van der Waals surface area contributed by atoms with Crippen molar-refractivity contribution in [2.75, 3.05) is 20.2 Å². The Morgan fingerprint density at radius 1 is 1.32 bits per heavy atom. The molecule has 0 radical (unpaired) electrons. The molecule has 1 saturated heterocycles. The van der Waals surface area contributed by atoms with Crippen LogP contribution in [-0.2, 0) is 11.3 Å². The fourth-order valence-electron chi connectivity index (χ4n) is 3.23. The second kappa shape index (κ2) is 10.1. The molecule has 0 spiro atoms. The van der Waals surface area contributed by atoms with Gasteiger partial charge >= 0.3 is 0 Å². The molecular weight excluding hydrogens is 447 g/mol. The Labute approximate surface area is 173 Å². The molecule has 2 N–H and O–H groups in total. The monoisotopic (exact) mass is 480 g/mol. The molecule has 2 atom stereocenters. The SMILES string of the molecule is CN=C(NCc1nc(C)c(C)s1)NCC1CCCOC1C(C)(C)C.I. The predicted molar refractivity (Wildman–Crippen MR) is 117 cm³/mol. The number of halogens is 1. The van der Waals surface area contributed by atoms with Gasteiger partial charge in [0.05, 0.1) is 18.3 Å². The Bertz CT molecular complexity index is 548. The Hall–Kier alpha value is -0.410. The summed E-state index contributed by atoms with van der Waals surface area (Å²) in [6.45, 7) is 13.4. The first-order valence-electron chi connectivity index (χ1n) is 8.80. The Morgan fingerprint density at radius 2 is 2.04 bits per heavy atom. The number of aryl methyl sites for hydroxylation is 2. The molecule has 1 fully saturated rings. The van der Waals surface area contributed by atoms with Crippen LogP contribution in [0.25, 0.3) is 0 Å². The predicted octanol–water partition coefficient (Wildman–Crippen LogP) is 3.88. The topological polar surface area (TPSA) is 58.5 Å². The summed E-state index contributed by atoms with van der Waals surface area (Å²) < 4.78 is 6.06. The van der Waals surface area contributed by atoms with Gasteiger partial charge in [-0.1, -0.05) is 20.8 Å². The van der Waals surface area contributed by atoms with Crippen LogP contribution in [0, 0.1) is 25.2 Å². The quantitative estimate of drug-likeness (QED) is 0.390. The second-order valence-corrected chi connectivity index (χ2v) is 8.90. The largest absolute Gasteiger partial charge is 0.377 e. The smallest absolute Gasteiger partial charge is 0.191 e. The summed E-state index contributed by atoms with van der Waals surface area (Å²) in [6, 6.07) is 0. The number of aromatic nitrogens is 1. The van der Waals surface area contributed by atoms with Gasteiger partial charge in [0.1, 0.15) is 5.01 Å². The Balaban J connectivity index is 0.00000312. The van der Waals surface area contributed by atoms with Crippen LogP contribution in [0.15, 0.2) is 4.99 Å². The van der Waals surface area contributed by atoms with Gasteiger partial charge in [0.25, 0.3) is 0 Å². The molecule has 0 bridgehead atoms. The maximum absolute atomic E-state index is 6.06. The first-order chi connectivity index (χ1) is 11.3. The van der Waals surface area contributed by atoms with Crippen molar-refractivity contribution >= 4 is 41.3 Å². The molecule has 7 heteroatoms. The van der Waals surface area contributed by atoms with Crippen molar-refractivity contribution in [1.29, 1.82) is 0 Å². The van der Waals surface area contributed by atoms with Crippen molar-refractivity contribution in [3.63, 3.8) is 0 Å². The van der Waals surface area contributed by atoms with Gasteiger partial charge in [-0.15, -0.1) is 35.3 Å². The maximum Gasteiger partial charge on any atom is 0.191 e. The number of hydrogen-bond acceptors (Lipinski definition) is 4. The standard InChI is InChI=1S/C18H32N4OS.HI/c1-12-13(2)24-15(22-12)11-21-17(19-6)20-10-14-8-7-9-23-16(14)18(3,4)5;/h14,16H,7-11H2,1-6H3,(H2,19,20,21);1H. The molecule has 144 valence electrons. The molecule has 25 heavy (non-hydrogen) atoms. The van der Waals surface area contributed by atoms with E-state index in [1.54, 1.807) is 11.3 Å². The summed E-state index contributed by atoms with van der Waals surface area (Å²) in [7, 11) is 1.81. The number of ether oxygens (including phenoxy) is 1. The molecule has 0 aromatic carbocycles. The average Bonchev–Trinajstić information content (AvgIpc) is 2.85. The van der Waals surface area contributed by atoms with Crippen molar-refractivity contribution in [1.82, 2.24) is 15.6 Å². The van der Waals surface area contributed by atoms with Crippen LogP contribution in [0.4, 0.5) is 0 Å². The van der Waals surface area contributed by atoms with Gasteiger partial charge in [-0.3, -0.25) is 4.99 Å². The minimum atomic E-state index is 0. The fourth-order valence-corrected chi connectivity index (χ4v) is 4.11. The van der Waals surface area contributed by atoms with Crippen LogP contribution < -0.4 is 10.6 Å². The van der Waals surface area contributed by atoms with Gasteiger partial charge < -0.3 is 15.4 Å². The van der Waals surface area contributed by atoms with E-state index in [1.807, 2.05) is 7.05 Å². The van der Waals surface area contributed by atoms with Crippen molar-refractivity contribution in [3.05, 3.63) is 15.6 Å². The van der Waals surface area contributed by atoms with Crippen LogP contribution in [0.2, 0.25) is 0 Å². The van der Waals surface area contributed by atoms with Crippen LogP contribution >= 0.6 is 35.3 Å². The average molecular weight is 480 g/mol. The summed E-state index contributed by atoms with van der Waals surface area (Å²) in [5.41, 5.74) is 1.28. The molecule has 2 heterocycles. The summed E-state index contributed by atoms with van der Waals surface area (Å²) in [5, 5.41) is 7.93. The van der Waals surface area contributed by atoms with Crippen molar-refractivity contribution in [2.45, 2.75) is 60.1 Å². The highest BCUT2D eigenvalue weighted by Crippen LogP contribution is 2.33. The molecule has 0 amide bonds. The van der Waals surface area contributed by atoms with Crippen LogP contribution in [0.1, 0.15) is 49.2 Å². The van der Waals surface area contributed by atoms with Gasteiger partial charge in [0, 0.05) is 31.0 Å². The summed E-state index contributed by atoms with van der Waals surface area (Å²) in [5.74, 6) is 1.35. The van der Waals surface area contributed by atoms with E-state index in [0.717, 1.165) is 36.2 Å². The minimum absolute atomic E-state index is 0. The van der Waals surface area contributed by atoms with Gasteiger partial charge in [0.2, 0.25) is 0 Å². The molecule has 5 nitrogen and oxygen atoms in total. The normalized spacial score (nSPS) is 21.6. The Kier molecular flexibility index (Phi) is 9.11. The van der Waals surface area contributed by atoms with E-state index in [0.29, 0.717) is 18.6 Å². The third-order valence-electron chi connectivity index (χ3n) is 4.53. The number of hydrogen-bond donors (Lipinski definition) is 2. The Morgan fingerprint density at radius 3 is 2.60 bits per heavy atom. The maximum atomic E-state index is 6.06. The summed E-state index contributed by atoms with van der Waals surface area (Å²) in [6.07, 6.45) is 2.64. The number of guanidine groups is 1. The summed E-state index contributed by atoms with van der Waals surface area (Å²) in [4.78, 5) is 10.2. The molecular formula is C18H33IN4OS. The van der Waals surface area contributed by atoms with Crippen LogP contribution in [0.3, 0.4) is 0 Å². The second-order valence-electron chi connectivity index (χ2n) is 7.62.